The minimum atomic E-state index is -0.0894. The summed E-state index contributed by atoms with van der Waals surface area (Å²) in [6.45, 7) is 0. The summed E-state index contributed by atoms with van der Waals surface area (Å²) in [5.41, 5.74) is 0. The molecule has 0 aliphatic carbocycles. The van der Waals surface area contributed by atoms with Gasteiger partial charge in [0.1, 0.15) is 0 Å². The van der Waals surface area contributed by atoms with Crippen LogP contribution < -0.4 is 0 Å². The van der Waals surface area contributed by atoms with Crippen molar-refractivity contribution in [2.24, 2.45) is 0 Å². The van der Waals surface area contributed by atoms with Gasteiger partial charge in [-0.1, -0.05) is 29.0 Å². The van der Waals surface area contributed by atoms with E-state index >= 15 is 0 Å². The molecule has 0 N–H and O–H groups in total. The van der Waals surface area contributed by atoms with Gasteiger partial charge in [-0.3, -0.25) is 4.79 Å². The lowest BCUT2D eigenvalue weighted by molar-refractivity contribution is -0.140. The van der Waals surface area contributed by atoms with Crippen molar-refractivity contribution in [3.63, 3.8) is 0 Å². The van der Waals surface area contributed by atoms with E-state index in [4.69, 9.17) is 0 Å². The predicted octanol–water partition coefficient (Wildman–Crippen LogP) is 2.15. The summed E-state index contributed by atoms with van der Waals surface area (Å²) in [6, 6.07) is 0. The number of ether oxygens (including phenoxy) is 1. The van der Waals surface area contributed by atoms with Crippen LogP contribution in [0.2, 0.25) is 0 Å². The van der Waals surface area contributed by atoms with Crippen molar-refractivity contribution in [2.75, 3.05) is 11.5 Å². The molecule has 10 heavy (non-hydrogen) atoms. The van der Waals surface area contributed by atoms with E-state index in [2.05, 4.69) is 27.3 Å². The van der Waals surface area contributed by atoms with Gasteiger partial charge in [0.15, 0.2) is 0 Å². The Morgan fingerprint density at radius 3 is 2.60 bits per heavy atom. The smallest absolute Gasteiger partial charge is 0.305 e. The molecule has 0 aliphatic rings. The molecular weight excluding hydrogens is 243 g/mol. The second kappa shape index (κ2) is 7.31. The van der Waals surface area contributed by atoms with E-state index in [1.165, 1.54) is 18.0 Å². The lowest BCUT2D eigenvalue weighted by Gasteiger charge is -1.96. The lowest BCUT2D eigenvalue weighted by Crippen LogP contribution is -1.99. The predicted molar refractivity (Wildman–Crippen MR) is 49.4 cm³/mol. The molecule has 3 heteroatoms. The van der Waals surface area contributed by atoms with E-state index < -0.39 is 0 Å². The fourth-order valence-corrected chi connectivity index (χ4v) is 1.18. The number of methoxy groups -OCH3 is 1. The molecule has 0 amide bonds. The Bertz CT molecular complexity index is 93.6. The van der Waals surface area contributed by atoms with Crippen LogP contribution in [0.25, 0.3) is 0 Å². The summed E-state index contributed by atoms with van der Waals surface area (Å²) in [5.74, 6) is -0.0894. The van der Waals surface area contributed by atoms with Crippen LogP contribution in [0.5, 0.6) is 0 Å². The van der Waals surface area contributed by atoms with E-state index in [-0.39, 0.29) is 5.97 Å². The van der Waals surface area contributed by atoms with Gasteiger partial charge in [0, 0.05) is 6.42 Å². The first-order chi connectivity index (χ1) is 4.81. The Kier molecular flexibility index (Phi) is 7.45. The molecule has 0 spiro atoms. The van der Waals surface area contributed by atoms with Crippen molar-refractivity contribution in [3.05, 3.63) is 0 Å². The molecule has 0 bridgehead atoms. The topological polar surface area (TPSA) is 26.3 Å². The Morgan fingerprint density at radius 2 is 2.10 bits per heavy atom. The molecule has 0 aromatic carbocycles. The molecular formula is C7H13IO2. The van der Waals surface area contributed by atoms with Gasteiger partial charge in [-0.05, 0) is 17.3 Å². The van der Waals surface area contributed by atoms with E-state index in [1.54, 1.807) is 0 Å². The van der Waals surface area contributed by atoms with Crippen molar-refractivity contribution in [1.29, 1.82) is 0 Å². The molecule has 0 atom stereocenters. The van der Waals surface area contributed by atoms with Gasteiger partial charge in [-0.25, -0.2) is 0 Å². The maximum absolute atomic E-state index is 10.6. The number of rotatable bonds is 5. The molecule has 60 valence electrons. The first-order valence-corrected chi connectivity index (χ1v) is 4.96. The van der Waals surface area contributed by atoms with Crippen LogP contribution >= 0.6 is 22.6 Å². The molecule has 2 nitrogen and oxygen atoms in total. The van der Waals surface area contributed by atoms with Crippen molar-refractivity contribution >= 4 is 28.6 Å². The number of carbonyl (C=O) groups is 1. The van der Waals surface area contributed by atoms with E-state index in [1.807, 2.05) is 0 Å². The Labute approximate surface area is 75.5 Å². The number of unbranched alkanes of at least 4 members (excludes halogenated alkanes) is 2. The fourth-order valence-electron chi connectivity index (χ4n) is 0.643. The highest BCUT2D eigenvalue weighted by Crippen LogP contribution is 2.02. The van der Waals surface area contributed by atoms with E-state index in [0.717, 1.165) is 12.8 Å². The molecule has 0 unspecified atom stereocenters. The van der Waals surface area contributed by atoms with Crippen molar-refractivity contribution < 1.29 is 9.53 Å². The normalized spacial score (nSPS) is 9.40. The minimum absolute atomic E-state index is 0.0894. The van der Waals surface area contributed by atoms with Crippen LogP contribution in [-0.4, -0.2) is 17.5 Å². The number of esters is 1. The maximum atomic E-state index is 10.6. The van der Waals surface area contributed by atoms with E-state index in [0.29, 0.717) is 6.42 Å². The first kappa shape index (κ1) is 10.2. The van der Waals surface area contributed by atoms with Crippen molar-refractivity contribution in [2.45, 2.75) is 25.7 Å². The summed E-state index contributed by atoms with van der Waals surface area (Å²) in [7, 11) is 1.43. The van der Waals surface area contributed by atoms with Gasteiger partial charge in [0.2, 0.25) is 0 Å². The van der Waals surface area contributed by atoms with Crippen molar-refractivity contribution in [1.82, 2.24) is 0 Å². The molecule has 0 heterocycles. The summed E-state index contributed by atoms with van der Waals surface area (Å²) in [5, 5.41) is 0. The third-order valence-electron chi connectivity index (χ3n) is 1.24. The average molecular weight is 256 g/mol. The zero-order valence-corrected chi connectivity index (χ0v) is 8.39. The summed E-state index contributed by atoms with van der Waals surface area (Å²) < 4.78 is 5.67. The average Bonchev–Trinajstić information content (AvgIpc) is 1.98. The minimum Gasteiger partial charge on any atom is -0.469 e. The standard InChI is InChI=1S/C7H13IO2/c1-10-7(9)5-3-2-4-6-8/h2-6H2,1H3. The van der Waals surface area contributed by atoms with Gasteiger partial charge in [0.25, 0.3) is 0 Å². The quantitative estimate of drug-likeness (QED) is 0.326. The number of hydrogen-bond acceptors (Lipinski definition) is 2. The summed E-state index contributed by atoms with van der Waals surface area (Å²) in [6.07, 6.45) is 3.89. The third kappa shape index (κ3) is 6.32. The van der Waals surface area contributed by atoms with Crippen LogP contribution in [0.4, 0.5) is 0 Å². The zero-order chi connectivity index (χ0) is 7.82. The van der Waals surface area contributed by atoms with Gasteiger partial charge in [0.05, 0.1) is 7.11 Å². The van der Waals surface area contributed by atoms with Crippen LogP contribution in [0, 0.1) is 0 Å². The maximum Gasteiger partial charge on any atom is 0.305 e. The fraction of sp³-hybridized carbons (Fsp3) is 0.857. The molecule has 0 aromatic rings. The van der Waals surface area contributed by atoms with Gasteiger partial charge >= 0.3 is 5.97 Å². The highest BCUT2D eigenvalue weighted by atomic mass is 127. The summed E-state index contributed by atoms with van der Waals surface area (Å²) >= 11 is 2.34. The molecule has 0 saturated carbocycles. The second-order valence-corrected chi connectivity index (χ2v) is 3.15. The highest BCUT2D eigenvalue weighted by Gasteiger charge is 1.97. The highest BCUT2D eigenvalue weighted by molar-refractivity contribution is 14.1. The zero-order valence-electron chi connectivity index (χ0n) is 6.23. The number of carbonyl (C=O) groups excluding carboxylic acids is 1. The molecule has 0 rings (SSSR count). The largest absolute Gasteiger partial charge is 0.469 e. The van der Waals surface area contributed by atoms with Crippen LogP contribution in [-0.2, 0) is 9.53 Å². The van der Waals surface area contributed by atoms with Crippen LogP contribution in [0.1, 0.15) is 25.7 Å². The van der Waals surface area contributed by atoms with Gasteiger partial charge < -0.3 is 4.74 Å². The SMILES string of the molecule is COC(=O)CCCCCI. The first-order valence-electron chi connectivity index (χ1n) is 3.44. The Balaban J connectivity index is 2.96. The third-order valence-corrected chi connectivity index (χ3v) is 2.00. The molecule has 0 radical (unpaired) electrons. The number of halogens is 1. The van der Waals surface area contributed by atoms with Crippen LogP contribution in [0.3, 0.4) is 0 Å². The summed E-state index contributed by atoms with van der Waals surface area (Å²) in [4.78, 5) is 10.6. The van der Waals surface area contributed by atoms with E-state index in [9.17, 15) is 4.79 Å². The lowest BCUT2D eigenvalue weighted by atomic mass is 10.2. The Morgan fingerprint density at radius 1 is 1.40 bits per heavy atom. The molecule has 0 aliphatic heterocycles. The van der Waals surface area contributed by atoms with Gasteiger partial charge in [-0.15, -0.1) is 0 Å². The Hall–Kier alpha value is 0.200. The van der Waals surface area contributed by atoms with Crippen LogP contribution in [0.15, 0.2) is 0 Å². The monoisotopic (exact) mass is 256 g/mol. The number of alkyl halides is 1. The molecule has 0 fully saturated rings. The number of hydrogen-bond donors (Lipinski definition) is 0. The molecule has 0 aromatic heterocycles. The second-order valence-electron chi connectivity index (χ2n) is 2.08. The van der Waals surface area contributed by atoms with Gasteiger partial charge in [-0.2, -0.15) is 0 Å². The molecule has 0 saturated heterocycles. The van der Waals surface area contributed by atoms with Crippen molar-refractivity contribution in [3.8, 4) is 0 Å².